The molecule has 0 saturated heterocycles. The van der Waals surface area contributed by atoms with Gasteiger partial charge in [0, 0.05) is 24.8 Å². The van der Waals surface area contributed by atoms with Crippen molar-refractivity contribution in [1.82, 2.24) is 9.78 Å². The molecule has 0 N–H and O–H groups in total. The van der Waals surface area contributed by atoms with Gasteiger partial charge in [0.15, 0.2) is 0 Å². The molecule has 16 heavy (non-hydrogen) atoms. The number of ketones is 1. The summed E-state index contributed by atoms with van der Waals surface area (Å²) in [6, 6.07) is 0. The third-order valence-corrected chi connectivity index (χ3v) is 3.62. The van der Waals surface area contributed by atoms with E-state index >= 15 is 0 Å². The van der Waals surface area contributed by atoms with Crippen LogP contribution >= 0.6 is 11.6 Å². The van der Waals surface area contributed by atoms with Crippen LogP contribution in [-0.2, 0) is 16.8 Å². The molecule has 0 aromatic carbocycles. The van der Waals surface area contributed by atoms with Crippen molar-refractivity contribution < 1.29 is 4.79 Å². The maximum absolute atomic E-state index is 11.5. The number of halogens is 1. The van der Waals surface area contributed by atoms with Crippen LogP contribution in [0.15, 0.2) is 6.20 Å². The molecule has 1 atom stereocenters. The highest BCUT2D eigenvalue weighted by Gasteiger charge is 2.39. The molecule has 4 heteroatoms. The summed E-state index contributed by atoms with van der Waals surface area (Å²) >= 11 is 6.20. The van der Waals surface area contributed by atoms with Gasteiger partial charge >= 0.3 is 0 Å². The number of aromatic nitrogens is 2. The second-order valence-corrected chi connectivity index (χ2v) is 5.25. The molecule has 1 aliphatic carbocycles. The van der Waals surface area contributed by atoms with Gasteiger partial charge in [0.2, 0.25) is 0 Å². The fraction of sp³-hybridized carbons (Fsp3) is 0.667. The molecule has 1 aromatic heterocycles. The van der Waals surface area contributed by atoms with E-state index in [9.17, 15) is 4.79 Å². The highest BCUT2D eigenvalue weighted by atomic mass is 35.5. The smallest absolute Gasteiger partial charge is 0.133 e. The van der Waals surface area contributed by atoms with Gasteiger partial charge in [0.05, 0.1) is 16.9 Å². The Hall–Kier alpha value is -0.830. The molecular formula is C12H17ClN2O. The van der Waals surface area contributed by atoms with E-state index in [2.05, 4.69) is 18.9 Å². The van der Waals surface area contributed by atoms with Gasteiger partial charge in [-0.05, 0) is 12.8 Å². The molecule has 0 amide bonds. The third kappa shape index (κ3) is 1.88. The van der Waals surface area contributed by atoms with E-state index in [0.29, 0.717) is 23.6 Å². The summed E-state index contributed by atoms with van der Waals surface area (Å²) in [4.78, 5) is 11.5. The predicted octanol–water partition coefficient (Wildman–Crippen LogP) is 2.96. The zero-order chi connectivity index (χ0) is 11.8. The summed E-state index contributed by atoms with van der Waals surface area (Å²) in [6.45, 7) is 5.10. The number of hydrogen-bond acceptors (Lipinski definition) is 2. The largest absolute Gasteiger partial charge is 0.300 e. The van der Waals surface area contributed by atoms with Crippen molar-refractivity contribution in [2.75, 3.05) is 0 Å². The number of rotatable bonds is 3. The van der Waals surface area contributed by atoms with Crippen LogP contribution in [-0.4, -0.2) is 15.6 Å². The first kappa shape index (κ1) is 11.6. The summed E-state index contributed by atoms with van der Waals surface area (Å²) in [6.07, 6.45) is 4.88. The summed E-state index contributed by atoms with van der Waals surface area (Å²) in [5, 5.41) is 4.99. The fourth-order valence-corrected chi connectivity index (χ4v) is 2.94. The summed E-state index contributed by atoms with van der Waals surface area (Å²) in [5.74, 6) is 0.336. The maximum atomic E-state index is 11.5. The number of nitrogens with zero attached hydrogens (tertiary/aromatic N) is 2. The molecule has 2 rings (SSSR count). The van der Waals surface area contributed by atoms with Gasteiger partial charge in [-0.1, -0.05) is 25.4 Å². The maximum Gasteiger partial charge on any atom is 0.133 e. The number of hydrogen-bond donors (Lipinski definition) is 0. The van der Waals surface area contributed by atoms with Crippen LogP contribution in [0.4, 0.5) is 0 Å². The van der Waals surface area contributed by atoms with Crippen molar-refractivity contribution in [3.05, 3.63) is 16.9 Å². The molecule has 1 aromatic rings. The lowest BCUT2D eigenvalue weighted by Crippen LogP contribution is -2.23. The van der Waals surface area contributed by atoms with Crippen molar-refractivity contribution in [3.8, 4) is 0 Å². The number of carbonyl (C=O) groups is 1. The molecule has 1 heterocycles. The molecule has 1 unspecified atom stereocenters. The first-order chi connectivity index (χ1) is 7.57. The Kier molecular flexibility index (Phi) is 3.06. The van der Waals surface area contributed by atoms with E-state index in [1.807, 2.05) is 4.68 Å². The van der Waals surface area contributed by atoms with E-state index in [4.69, 9.17) is 11.6 Å². The minimum Gasteiger partial charge on any atom is -0.300 e. The van der Waals surface area contributed by atoms with Crippen LogP contribution in [0.1, 0.15) is 45.2 Å². The molecule has 1 saturated carbocycles. The minimum absolute atomic E-state index is 0.111. The molecule has 1 aliphatic rings. The van der Waals surface area contributed by atoms with E-state index in [1.165, 1.54) is 0 Å². The van der Waals surface area contributed by atoms with Gasteiger partial charge in [-0.15, -0.1) is 0 Å². The van der Waals surface area contributed by atoms with Gasteiger partial charge in [-0.25, -0.2) is 0 Å². The summed E-state index contributed by atoms with van der Waals surface area (Å²) in [5.41, 5.74) is 0.932. The lowest BCUT2D eigenvalue weighted by molar-refractivity contribution is -0.117. The van der Waals surface area contributed by atoms with E-state index in [1.54, 1.807) is 6.20 Å². The van der Waals surface area contributed by atoms with Crippen molar-refractivity contribution in [3.63, 3.8) is 0 Å². The molecule has 0 spiro atoms. The average Bonchev–Trinajstić information content (AvgIpc) is 2.73. The van der Waals surface area contributed by atoms with Crippen LogP contribution in [0.2, 0.25) is 5.02 Å². The van der Waals surface area contributed by atoms with Gasteiger partial charge in [0.1, 0.15) is 5.78 Å². The van der Waals surface area contributed by atoms with Crippen molar-refractivity contribution in [2.45, 2.75) is 51.5 Å². The van der Waals surface area contributed by atoms with E-state index in [-0.39, 0.29) is 5.41 Å². The normalized spacial score (nSPS) is 25.3. The first-order valence-corrected chi connectivity index (χ1v) is 6.18. The molecule has 0 bridgehead atoms. The van der Waals surface area contributed by atoms with Crippen LogP contribution in [0.5, 0.6) is 0 Å². The van der Waals surface area contributed by atoms with Gasteiger partial charge in [0.25, 0.3) is 0 Å². The monoisotopic (exact) mass is 240 g/mol. The Morgan fingerprint density at radius 3 is 2.94 bits per heavy atom. The van der Waals surface area contributed by atoms with E-state index < -0.39 is 0 Å². The SMILES string of the molecule is CCCn1ncc(Cl)c1C1(C)CCC(=O)C1. The summed E-state index contributed by atoms with van der Waals surface area (Å²) < 4.78 is 1.96. The highest BCUT2D eigenvalue weighted by molar-refractivity contribution is 6.31. The lowest BCUT2D eigenvalue weighted by atomic mass is 9.85. The number of carbonyl (C=O) groups excluding carboxylic acids is 1. The molecule has 0 radical (unpaired) electrons. The van der Waals surface area contributed by atoms with Crippen LogP contribution in [0, 0.1) is 0 Å². The minimum atomic E-state index is -0.111. The average molecular weight is 241 g/mol. The zero-order valence-electron chi connectivity index (χ0n) is 9.79. The Morgan fingerprint density at radius 2 is 2.38 bits per heavy atom. The molecule has 0 aliphatic heterocycles. The molecule has 88 valence electrons. The molecule has 1 fully saturated rings. The topological polar surface area (TPSA) is 34.9 Å². The second kappa shape index (κ2) is 4.21. The Balaban J connectivity index is 2.38. The van der Waals surface area contributed by atoms with Gasteiger partial charge < -0.3 is 0 Å². The van der Waals surface area contributed by atoms with Crippen molar-refractivity contribution >= 4 is 17.4 Å². The number of aryl methyl sites for hydroxylation is 1. The fourth-order valence-electron chi connectivity index (χ4n) is 2.57. The predicted molar refractivity (Wildman–Crippen MR) is 63.7 cm³/mol. The first-order valence-electron chi connectivity index (χ1n) is 5.80. The van der Waals surface area contributed by atoms with Crippen LogP contribution < -0.4 is 0 Å². The molecule has 3 nitrogen and oxygen atoms in total. The second-order valence-electron chi connectivity index (χ2n) is 4.84. The number of Topliss-reactive ketones (excluding diaryl/α,β-unsaturated/α-hetero) is 1. The Morgan fingerprint density at radius 1 is 1.62 bits per heavy atom. The van der Waals surface area contributed by atoms with E-state index in [0.717, 1.165) is 25.1 Å². The van der Waals surface area contributed by atoms with Crippen LogP contribution in [0.25, 0.3) is 0 Å². The zero-order valence-corrected chi connectivity index (χ0v) is 10.5. The highest BCUT2D eigenvalue weighted by Crippen LogP contribution is 2.41. The third-order valence-electron chi connectivity index (χ3n) is 3.34. The van der Waals surface area contributed by atoms with Gasteiger partial charge in [-0.2, -0.15) is 5.10 Å². The standard InChI is InChI=1S/C12H17ClN2O/c1-3-6-15-11(10(13)8-14-15)12(2)5-4-9(16)7-12/h8H,3-7H2,1-2H3. The Labute approximate surface area is 101 Å². The van der Waals surface area contributed by atoms with Gasteiger partial charge in [-0.3, -0.25) is 9.48 Å². The van der Waals surface area contributed by atoms with Crippen molar-refractivity contribution in [2.24, 2.45) is 0 Å². The Bertz CT molecular complexity index is 413. The lowest BCUT2D eigenvalue weighted by Gasteiger charge is -2.24. The van der Waals surface area contributed by atoms with Crippen LogP contribution in [0.3, 0.4) is 0 Å². The molecular weight excluding hydrogens is 224 g/mol. The quantitative estimate of drug-likeness (QED) is 0.814. The summed E-state index contributed by atoms with van der Waals surface area (Å²) in [7, 11) is 0. The van der Waals surface area contributed by atoms with Crippen molar-refractivity contribution in [1.29, 1.82) is 0 Å².